The van der Waals surface area contributed by atoms with Crippen LogP contribution in [0.1, 0.15) is 5.69 Å². The van der Waals surface area contributed by atoms with E-state index in [1.165, 1.54) is 10.7 Å². The van der Waals surface area contributed by atoms with E-state index >= 15 is 0 Å². The van der Waals surface area contributed by atoms with Gasteiger partial charge in [-0.05, 0) is 18.9 Å². The number of piperazine rings is 1. The second-order valence-corrected chi connectivity index (χ2v) is 4.74. The van der Waals surface area contributed by atoms with E-state index in [1.54, 1.807) is 11.8 Å². The van der Waals surface area contributed by atoms with E-state index in [4.69, 9.17) is 0 Å². The molecule has 1 aromatic heterocycles. The second kappa shape index (κ2) is 5.35. The topological polar surface area (TPSA) is 84.5 Å². The molecule has 0 unspecified atom stereocenters. The number of hydrogen-bond donors (Lipinski definition) is 0. The van der Waals surface area contributed by atoms with E-state index in [9.17, 15) is 14.9 Å². The molecular weight excluding hydrogens is 250 g/mol. The van der Waals surface area contributed by atoms with Crippen LogP contribution in [0.25, 0.3) is 0 Å². The number of carbonyl (C=O) groups excluding carboxylic acids is 1. The van der Waals surface area contributed by atoms with Crippen LogP contribution < -0.4 is 0 Å². The monoisotopic (exact) mass is 267 g/mol. The van der Waals surface area contributed by atoms with Crippen LogP contribution in [0.2, 0.25) is 0 Å². The summed E-state index contributed by atoms with van der Waals surface area (Å²) in [7, 11) is 2.02. The van der Waals surface area contributed by atoms with Gasteiger partial charge in [-0.25, -0.2) is 0 Å². The molecular formula is C11H17N5O3. The predicted molar refractivity (Wildman–Crippen MR) is 67.7 cm³/mol. The molecule has 0 aliphatic carbocycles. The summed E-state index contributed by atoms with van der Waals surface area (Å²) >= 11 is 0. The van der Waals surface area contributed by atoms with E-state index in [1.807, 2.05) is 7.05 Å². The van der Waals surface area contributed by atoms with Gasteiger partial charge in [-0.15, -0.1) is 0 Å². The smallest absolute Gasteiger partial charge is 0.358 e. The lowest BCUT2D eigenvalue weighted by molar-refractivity contribution is -0.389. The molecule has 0 aromatic carbocycles. The average molecular weight is 267 g/mol. The van der Waals surface area contributed by atoms with Crippen molar-refractivity contribution in [1.29, 1.82) is 0 Å². The molecule has 2 heterocycles. The Morgan fingerprint density at radius 1 is 1.42 bits per heavy atom. The van der Waals surface area contributed by atoms with Crippen molar-refractivity contribution in [2.24, 2.45) is 0 Å². The Hall–Kier alpha value is -1.96. The number of aryl methyl sites for hydroxylation is 1. The minimum atomic E-state index is -0.552. The standard InChI is InChI=1S/C11H17N5O3/c1-9-7-10(16(18)19)12-15(9)8-11(17)14-5-3-13(2)4-6-14/h7H,3-6,8H2,1-2H3. The van der Waals surface area contributed by atoms with E-state index < -0.39 is 4.92 Å². The lowest BCUT2D eigenvalue weighted by Crippen LogP contribution is -2.48. The highest BCUT2D eigenvalue weighted by atomic mass is 16.6. The van der Waals surface area contributed by atoms with Crippen molar-refractivity contribution in [3.8, 4) is 0 Å². The van der Waals surface area contributed by atoms with Gasteiger partial charge in [0.05, 0.1) is 16.9 Å². The number of carbonyl (C=O) groups is 1. The summed E-state index contributed by atoms with van der Waals surface area (Å²) < 4.78 is 1.39. The zero-order valence-electron chi connectivity index (χ0n) is 11.1. The van der Waals surface area contributed by atoms with Crippen LogP contribution in [0.4, 0.5) is 5.82 Å². The van der Waals surface area contributed by atoms with Gasteiger partial charge in [0.25, 0.3) is 0 Å². The fourth-order valence-corrected chi connectivity index (χ4v) is 2.03. The Labute approximate surface area is 110 Å². The molecule has 0 spiro atoms. The van der Waals surface area contributed by atoms with Gasteiger partial charge in [0.2, 0.25) is 5.91 Å². The van der Waals surface area contributed by atoms with Crippen LogP contribution in [0, 0.1) is 17.0 Å². The summed E-state index contributed by atoms with van der Waals surface area (Å²) in [4.78, 5) is 26.1. The number of nitro groups is 1. The molecule has 1 aliphatic rings. The summed E-state index contributed by atoms with van der Waals surface area (Å²) in [5.41, 5.74) is 0.620. The molecule has 1 fully saturated rings. The molecule has 104 valence electrons. The Balaban J connectivity index is 2.00. The summed E-state index contributed by atoms with van der Waals surface area (Å²) in [6.07, 6.45) is 0. The Morgan fingerprint density at radius 3 is 2.58 bits per heavy atom. The van der Waals surface area contributed by atoms with Crippen molar-refractivity contribution in [2.45, 2.75) is 13.5 Å². The molecule has 1 aliphatic heterocycles. The first-order chi connectivity index (χ1) is 8.97. The van der Waals surface area contributed by atoms with Gasteiger partial charge in [-0.2, -0.15) is 4.68 Å². The number of amides is 1. The van der Waals surface area contributed by atoms with Crippen molar-refractivity contribution in [3.63, 3.8) is 0 Å². The molecule has 8 nitrogen and oxygen atoms in total. The maximum Gasteiger partial charge on any atom is 0.390 e. The molecule has 8 heteroatoms. The lowest BCUT2D eigenvalue weighted by Gasteiger charge is -2.32. The van der Waals surface area contributed by atoms with Crippen molar-refractivity contribution < 1.29 is 9.72 Å². The minimum absolute atomic E-state index is 0.0470. The van der Waals surface area contributed by atoms with E-state index in [2.05, 4.69) is 10.00 Å². The third-order valence-corrected chi connectivity index (χ3v) is 3.30. The highest BCUT2D eigenvalue weighted by Crippen LogP contribution is 2.11. The normalized spacial score (nSPS) is 16.6. The fourth-order valence-electron chi connectivity index (χ4n) is 2.03. The highest BCUT2D eigenvalue weighted by Gasteiger charge is 2.22. The molecule has 0 N–H and O–H groups in total. The van der Waals surface area contributed by atoms with Gasteiger partial charge < -0.3 is 19.9 Å². The number of rotatable bonds is 3. The largest absolute Gasteiger partial charge is 0.390 e. The molecule has 0 atom stereocenters. The van der Waals surface area contributed by atoms with Crippen molar-refractivity contribution in [1.82, 2.24) is 19.6 Å². The quantitative estimate of drug-likeness (QED) is 0.563. The number of likely N-dealkylation sites (N-methyl/N-ethyl adjacent to an activating group) is 1. The van der Waals surface area contributed by atoms with Crippen LogP contribution in [-0.4, -0.2) is 63.6 Å². The van der Waals surface area contributed by atoms with Gasteiger partial charge in [-0.3, -0.25) is 4.79 Å². The maximum absolute atomic E-state index is 12.1. The number of aromatic nitrogens is 2. The van der Waals surface area contributed by atoms with Gasteiger partial charge in [-0.1, -0.05) is 0 Å². The van der Waals surface area contributed by atoms with Crippen LogP contribution in [0.3, 0.4) is 0 Å². The minimum Gasteiger partial charge on any atom is -0.358 e. The van der Waals surface area contributed by atoms with Crippen molar-refractivity contribution in [3.05, 3.63) is 21.9 Å². The Morgan fingerprint density at radius 2 is 2.05 bits per heavy atom. The summed E-state index contributed by atoms with van der Waals surface area (Å²) in [5.74, 6) is -0.266. The van der Waals surface area contributed by atoms with Crippen LogP contribution in [0.5, 0.6) is 0 Å². The fraction of sp³-hybridized carbons (Fsp3) is 0.636. The van der Waals surface area contributed by atoms with Crippen LogP contribution in [-0.2, 0) is 11.3 Å². The predicted octanol–water partition coefficient (Wildman–Crippen LogP) is -0.126. The molecule has 1 aromatic rings. The van der Waals surface area contributed by atoms with Gasteiger partial charge in [0, 0.05) is 26.2 Å². The zero-order chi connectivity index (χ0) is 14.0. The van der Waals surface area contributed by atoms with Gasteiger partial charge in [0.1, 0.15) is 6.54 Å². The molecule has 1 amide bonds. The van der Waals surface area contributed by atoms with Crippen LogP contribution in [0.15, 0.2) is 6.07 Å². The molecule has 19 heavy (non-hydrogen) atoms. The summed E-state index contributed by atoms with van der Waals surface area (Å²) in [5, 5.41) is 14.4. The van der Waals surface area contributed by atoms with Gasteiger partial charge >= 0.3 is 5.82 Å². The van der Waals surface area contributed by atoms with Crippen molar-refractivity contribution in [2.75, 3.05) is 33.2 Å². The molecule has 0 radical (unpaired) electrons. The highest BCUT2D eigenvalue weighted by molar-refractivity contribution is 5.76. The van der Waals surface area contributed by atoms with E-state index in [0.29, 0.717) is 18.8 Å². The maximum atomic E-state index is 12.1. The molecule has 0 saturated carbocycles. The second-order valence-electron chi connectivity index (χ2n) is 4.74. The van der Waals surface area contributed by atoms with Crippen LogP contribution >= 0.6 is 0 Å². The first-order valence-electron chi connectivity index (χ1n) is 6.12. The first-order valence-corrected chi connectivity index (χ1v) is 6.12. The first kappa shape index (κ1) is 13.5. The molecule has 1 saturated heterocycles. The molecule has 0 bridgehead atoms. The Kier molecular flexibility index (Phi) is 3.79. The Bertz CT molecular complexity index is 491. The van der Waals surface area contributed by atoms with Gasteiger partial charge in [0.15, 0.2) is 0 Å². The summed E-state index contributed by atoms with van der Waals surface area (Å²) in [6, 6.07) is 1.37. The third kappa shape index (κ3) is 3.08. The average Bonchev–Trinajstić information content (AvgIpc) is 2.72. The van der Waals surface area contributed by atoms with Crippen molar-refractivity contribution >= 4 is 11.7 Å². The van der Waals surface area contributed by atoms with E-state index in [-0.39, 0.29) is 18.3 Å². The van der Waals surface area contributed by atoms with E-state index in [0.717, 1.165) is 13.1 Å². The summed E-state index contributed by atoms with van der Waals surface area (Å²) in [6.45, 7) is 4.85. The lowest BCUT2D eigenvalue weighted by atomic mass is 10.3. The molecule has 2 rings (SSSR count). The number of nitrogens with zero attached hydrogens (tertiary/aromatic N) is 5. The third-order valence-electron chi connectivity index (χ3n) is 3.30. The zero-order valence-corrected chi connectivity index (χ0v) is 11.1. The number of hydrogen-bond acceptors (Lipinski definition) is 5. The SMILES string of the molecule is Cc1cc([N+](=O)[O-])nn1CC(=O)N1CCN(C)CC1.